The number of allylic oxidation sites excluding steroid dienone is 8. The zero-order chi connectivity index (χ0) is 19.7. The van der Waals surface area contributed by atoms with Crippen molar-refractivity contribution in [2.45, 2.75) is 40.5 Å². The Morgan fingerprint density at radius 3 is 1.77 bits per heavy atom. The Hall–Kier alpha value is -0.920. The quantitative estimate of drug-likeness (QED) is 0.409. The number of hydrogen-bond acceptors (Lipinski definition) is 0. The van der Waals surface area contributed by atoms with Crippen LogP contribution < -0.4 is 10.4 Å². The van der Waals surface area contributed by atoms with Gasteiger partial charge in [-0.25, -0.2) is 0 Å². The van der Waals surface area contributed by atoms with E-state index < -0.39 is 26.8 Å². The third-order valence-corrected chi connectivity index (χ3v) is 27.7. The summed E-state index contributed by atoms with van der Waals surface area (Å²) in [7, 11) is 0. The van der Waals surface area contributed by atoms with Crippen LogP contribution in [0.15, 0.2) is 90.5 Å². The first-order chi connectivity index (χ1) is 13.6. The third-order valence-electron chi connectivity index (χ3n) is 6.27. The van der Waals surface area contributed by atoms with E-state index in [0.29, 0.717) is 0 Å². The number of aryl methyl sites for hydroxylation is 2. The van der Waals surface area contributed by atoms with Gasteiger partial charge in [0.25, 0.3) is 0 Å². The Kier molecular flexibility index (Phi) is 9.37. The number of rotatable bonds is 5. The van der Waals surface area contributed by atoms with E-state index in [1.54, 1.807) is 19.2 Å². The molecule has 0 nitrogen and oxygen atoms in total. The summed E-state index contributed by atoms with van der Waals surface area (Å²) in [5.41, 5.74) is 6.09. The summed E-state index contributed by atoms with van der Waals surface area (Å²) in [6.45, 7) is 9.29. The molecule has 0 unspecified atom stereocenters. The first-order valence-corrected chi connectivity index (χ1v) is 18.7. The first-order valence-electron chi connectivity index (χ1n) is 10.3. The van der Waals surface area contributed by atoms with Gasteiger partial charge in [0.1, 0.15) is 0 Å². The van der Waals surface area contributed by atoms with Crippen LogP contribution in [-0.4, -0.2) is 5.92 Å². The molecular weight excluding hydrogens is 503 g/mol. The van der Waals surface area contributed by atoms with Crippen LogP contribution in [-0.2, 0) is 20.9 Å². The fourth-order valence-corrected chi connectivity index (χ4v) is 29.7. The molecule has 2 aromatic rings. The predicted octanol–water partition coefficient (Wildman–Crippen LogP) is 6.07. The van der Waals surface area contributed by atoms with E-state index in [0.717, 1.165) is 0 Å². The van der Waals surface area contributed by atoms with Crippen molar-refractivity contribution in [1.29, 1.82) is 0 Å². The molecule has 0 aromatic heterocycles. The SMILES string of the molecule is CC1=C(C)C[C]([Zr]([C]2=CC=CC2)[SiH](c2ccccc2C)c2ccccc2C)=C1.Cl.Cl. The van der Waals surface area contributed by atoms with Gasteiger partial charge in [0.15, 0.2) is 0 Å². The Balaban J connectivity index is 0.00000160. The molecule has 0 radical (unpaired) electrons. The van der Waals surface area contributed by atoms with Crippen LogP contribution >= 0.6 is 24.8 Å². The van der Waals surface area contributed by atoms with Gasteiger partial charge < -0.3 is 0 Å². The standard InChI is InChI=1S/C14H15Si.C7H9.C5H5.2ClH.Zr/c1-11-7-3-5-9-13(11)15-14-10-6-4-8-12(14)2;1-6-4-3-5-7(6)2;1-2-4-5-3-1;;;/h3-10,15H,1-2H3;4H,5H2,1-2H3;1-3H,4H2;2*1H;. The summed E-state index contributed by atoms with van der Waals surface area (Å²) in [6, 6.07) is 18.5. The van der Waals surface area contributed by atoms with Crippen molar-refractivity contribution < 1.29 is 20.9 Å². The second kappa shape index (κ2) is 11.1. The molecule has 0 saturated heterocycles. The average molecular weight is 534 g/mol. The Morgan fingerprint density at radius 2 is 1.33 bits per heavy atom. The van der Waals surface area contributed by atoms with E-state index in [1.165, 1.54) is 29.5 Å². The summed E-state index contributed by atoms with van der Waals surface area (Å²) in [5.74, 6) is -1.31. The molecule has 0 N–H and O–H groups in total. The zero-order valence-electron chi connectivity index (χ0n) is 18.2. The summed E-state index contributed by atoms with van der Waals surface area (Å²) in [4.78, 5) is 0. The molecule has 4 heteroatoms. The number of halogens is 2. The maximum absolute atomic E-state index is 2.58. The molecule has 0 aliphatic heterocycles. The van der Waals surface area contributed by atoms with E-state index in [2.05, 4.69) is 101 Å². The van der Waals surface area contributed by atoms with Crippen molar-refractivity contribution in [1.82, 2.24) is 0 Å². The maximum atomic E-state index is 2.58. The molecule has 157 valence electrons. The largest absolute Gasteiger partial charge is 0.147 e. The molecular formula is C26H31Cl2SiZr. The fraction of sp³-hybridized carbons (Fsp3) is 0.231. The average Bonchev–Trinajstić information content (AvgIpc) is 3.32. The summed E-state index contributed by atoms with van der Waals surface area (Å²) >= 11 is -2.04. The van der Waals surface area contributed by atoms with Crippen molar-refractivity contribution in [3.63, 3.8) is 0 Å². The normalized spacial score (nSPS) is 15.0. The van der Waals surface area contributed by atoms with E-state index in [9.17, 15) is 0 Å². The van der Waals surface area contributed by atoms with Gasteiger partial charge in [-0.2, -0.15) is 0 Å². The van der Waals surface area contributed by atoms with E-state index in [4.69, 9.17) is 0 Å². The van der Waals surface area contributed by atoms with Crippen molar-refractivity contribution >= 4 is 41.1 Å². The molecule has 0 saturated carbocycles. The van der Waals surface area contributed by atoms with Crippen LogP contribution in [0.3, 0.4) is 0 Å². The molecule has 0 spiro atoms. The monoisotopic (exact) mass is 531 g/mol. The Bertz CT molecular complexity index is 987. The molecule has 0 bridgehead atoms. The Morgan fingerprint density at radius 1 is 0.767 bits per heavy atom. The smallest absolute Gasteiger partial charge is 0.147 e. The van der Waals surface area contributed by atoms with Gasteiger partial charge in [0.2, 0.25) is 0 Å². The zero-order valence-corrected chi connectivity index (χ0v) is 23.5. The Labute approximate surface area is 202 Å². The van der Waals surface area contributed by atoms with E-state index in [1.807, 2.05) is 3.28 Å². The first kappa shape index (κ1) is 25.3. The molecule has 0 atom stereocenters. The minimum absolute atomic E-state index is 0. The summed E-state index contributed by atoms with van der Waals surface area (Å²) in [5, 5.41) is 3.37. The molecule has 0 fully saturated rings. The van der Waals surface area contributed by atoms with Gasteiger partial charge in [0, 0.05) is 0 Å². The number of hydrogen-bond donors (Lipinski definition) is 0. The van der Waals surface area contributed by atoms with Crippen molar-refractivity contribution in [2.75, 3.05) is 0 Å². The van der Waals surface area contributed by atoms with Crippen LogP contribution in [0.4, 0.5) is 0 Å². The van der Waals surface area contributed by atoms with E-state index in [-0.39, 0.29) is 24.8 Å². The van der Waals surface area contributed by atoms with E-state index >= 15 is 0 Å². The van der Waals surface area contributed by atoms with Crippen LogP contribution in [0.1, 0.15) is 37.8 Å². The van der Waals surface area contributed by atoms with Gasteiger partial charge in [-0.15, -0.1) is 24.8 Å². The van der Waals surface area contributed by atoms with Gasteiger partial charge in [0.05, 0.1) is 0 Å². The van der Waals surface area contributed by atoms with Gasteiger partial charge in [-0.1, -0.05) is 0 Å². The summed E-state index contributed by atoms with van der Waals surface area (Å²) in [6.07, 6.45) is 12.2. The van der Waals surface area contributed by atoms with Crippen LogP contribution in [0.25, 0.3) is 0 Å². The minimum atomic E-state index is -2.04. The second-order valence-corrected chi connectivity index (χ2v) is 23.2. The second-order valence-electron chi connectivity index (χ2n) is 8.19. The van der Waals surface area contributed by atoms with Crippen LogP contribution in [0.5, 0.6) is 0 Å². The van der Waals surface area contributed by atoms with Gasteiger partial charge >= 0.3 is 179 Å². The molecule has 2 aliphatic carbocycles. The molecule has 2 aromatic carbocycles. The van der Waals surface area contributed by atoms with Gasteiger partial charge in [-0.3, -0.25) is 0 Å². The van der Waals surface area contributed by atoms with Crippen molar-refractivity contribution in [2.24, 2.45) is 0 Å². The number of benzene rings is 2. The van der Waals surface area contributed by atoms with Gasteiger partial charge in [-0.05, 0) is 0 Å². The predicted molar refractivity (Wildman–Crippen MR) is 136 cm³/mol. The molecule has 2 aliphatic rings. The molecule has 4 rings (SSSR count). The molecule has 0 heterocycles. The third kappa shape index (κ3) is 5.10. The maximum Gasteiger partial charge on any atom is -0.147 e. The van der Waals surface area contributed by atoms with Crippen LogP contribution in [0, 0.1) is 13.8 Å². The topological polar surface area (TPSA) is 0 Å². The minimum Gasteiger partial charge on any atom is -0.147 e. The molecule has 30 heavy (non-hydrogen) atoms. The molecule has 0 amide bonds. The fourth-order valence-electron chi connectivity index (χ4n) is 4.56. The van der Waals surface area contributed by atoms with Crippen molar-refractivity contribution in [3.05, 3.63) is 102 Å². The van der Waals surface area contributed by atoms with Crippen LogP contribution in [0.2, 0.25) is 0 Å². The summed E-state index contributed by atoms with van der Waals surface area (Å²) < 4.78 is 3.63. The van der Waals surface area contributed by atoms with Crippen molar-refractivity contribution in [3.8, 4) is 0 Å².